The summed E-state index contributed by atoms with van der Waals surface area (Å²) in [6.07, 6.45) is 4.46. The molecule has 3 aromatic rings. The Labute approximate surface area is 180 Å². The summed E-state index contributed by atoms with van der Waals surface area (Å²) in [5, 5.41) is 6.91. The van der Waals surface area contributed by atoms with E-state index >= 15 is 0 Å². The van der Waals surface area contributed by atoms with E-state index < -0.39 is 0 Å². The molecule has 7 heteroatoms. The summed E-state index contributed by atoms with van der Waals surface area (Å²) in [4.78, 5) is 16.8. The Bertz CT molecular complexity index is 1030. The summed E-state index contributed by atoms with van der Waals surface area (Å²) in [5.41, 5.74) is 7.88. The monoisotopic (exact) mass is 422 g/mol. The Balaban J connectivity index is 1.33. The van der Waals surface area contributed by atoms with Crippen molar-refractivity contribution in [3.05, 3.63) is 63.7 Å². The zero-order chi connectivity index (χ0) is 20.9. The van der Waals surface area contributed by atoms with Gasteiger partial charge in [0.25, 0.3) is 0 Å². The highest BCUT2D eigenvalue weighted by molar-refractivity contribution is 7.10. The van der Waals surface area contributed by atoms with Crippen LogP contribution in [0.4, 0.5) is 0 Å². The molecule has 1 N–H and O–H groups in total. The second-order valence-electron chi connectivity index (χ2n) is 7.53. The second kappa shape index (κ2) is 9.36. The minimum atomic E-state index is -0.173. The average molecular weight is 423 g/mol. The maximum absolute atomic E-state index is 12.3. The van der Waals surface area contributed by atoms with Gasteiger partial charge in [0.15, 0.2) is 0 Å². The van der Waals surface area contributed by atoms with Crippen LogP contribution >= 0.6 is 11.3 Å². The number of hydrogen-bond donors (Lipinski definition) is 1. The van der Waals surface area contributed by atoms with Gasteiger partial charge in [-0.3, -0.25) is 4.79 Å². The summed E-state index contributed by atoms with van der Waals surface area (Å²) in [6.45, 7) is 5.89. The molecular formula is C23H26N4O2S. The molecule has 1 aliphatic rings. The van der Waals surface area contributed by atoms with Gasteiger partial charge in [-0.1, -0.05) is 30.3 Å². The minimum absolute atomic E-state index is 0.173. The lowest BCUT2D eigenvalue weighted by molar-refractivity contribution is -0.120. The smallest absolute Gasteiger partial charge is 0.246 e. The molecule has 1 fully saturated rings. The first-order valence-electron chi connectivity index (χ1n) is 10.2. The van der Waals surface area contributed by atoms with Crippen molar-refractivity contribution in [2.75, 3.05) is 6.61 Å². The molecule has 6 nitrogen and oxygen atoms in total. The maximum Gasteiger partial charge on any atom is 0.246 e. The summed E-state index contributed by atoms with van der Waals surface area (Å²) in [6, 6.07) is 12.0. The molecule has 0 spiro atoms. The predicted molar refractivity (Wildman–Crippen MR) is 120 cm³/mol. The summed E-state index contributed by atoms with van der Waals surface area (Å²) < 4.78 is 8.02. The van der Waals surface area contributed by atoms with Gasteiger partial charge in [0, 0.05) is 41.0 Å². The third kappa shape index (κ3) is 4.86. The van der Waals surface area contributed by atoms with Crippen LogP contribution < -0.4 is 5.43 Å². The van der Waals surface area contributed by atoms with E-state index in [1.165, 1.54) is 17.0 Å². The molecule has 1 aromatic carbocycles. The highest BCUT2D eigenvalue weighted by atomic mass is 32.1. The number of ether oxygens (including phenoxy) is 1. The minimum Gasteiger partial charge on any atom is -0.376 e. The molecule has 0 unspecified atom stereocenters. The third-order valence-corrected chi connectivity index (χ3v) is 6.20. The average Bonchev–Trinajstić information content (AvgIpc) is 3.48. The van der Waals surface area contributed by atoms with E-state index in [2.05, 4.69) is 40.0 Å². The van der Waals surface area contributed by atoms with Gasteiger partial charge in [-0.25, -0.2) is 10.4 Å². The van der Waals surface area contributed by atoms with Crippen LogP contribution in [0.5, 0.6) is 0 Å². The number of rotatable bonds is 7. The summed E-state index contributed by atoms with van der Waals surface area (Å²) in [7, 11) is 0. The van der Waals surface area contributed by atoms with E-state index in [0.717, 1.165) is 53.5 Å². The Morgan fingerprint density at radius 3 is 2.97 bits per heavy atom. The number of amides is 1. The van der Waals surface area contributed by atoms with Crippen molar-refractivity contribution < 1.29 is 9.53 Å². The number of nitrogens with zero attached hydrogens (tertiary/aromatic N) is 3. The number of carbonyl (C=O) groups is 1. The fourth-order valence-electron chi connectivity index (χ4n) is 3.72. The zero-order valence-corrected chi connectivity index (χ0v) is 18.1. The lowest BCUT2D eigenvalue weighted by Crippen LogP contribution is -2.19. The van der Waals surface area contributed by atoms with Gasteiger partial charge >= 0.3 is 0 Å². The van der Waals surface area contributed by atoms with E-state index in [1.54, 1.807) is 6.21 Å². The van der Waals surface area contributed by atoms with Crippen molar-refractivity contribution in [2.24, 2.45) is 5.10 Å². The van der Waals surface area contributed by atoms with Crippen molar-refractivity contribution in [1.82, 2.24) is 15.0 Å². The Morgan fingerprint density at radius 1 is 1.37 bits per heavy atom. The number of nitrogens with one attached hydrogen (secondary N) is 1. The van der Waals surface area contributed by atoms with Crippen LogP contribution in [0.25, 0.3) is 11.3 Å². The Hall–Kier alpha value is -2.77. The number of carbonyl (C=O) groups excluding carboxylic acids is 1. The third-order valence-electron chi connectivity index (χ3n) is 5.35. The first kappa shape index (κ1) is 20.5. The largest absolute Gasteiger partial charge is 0.376 e. The van der Waals surface area contributed by atoms with Gasteiger partial charge in [0.1, 0.15) is 5.01 Å². The van der Waals surface area contributed by atoms with E-state index in [0.29, 0.717) is 6.10 Å². The van der Waals surface area contributed by atoms with Gasteiger partial charge in [-0.15, -0.1) is 11.3 Å². The van der Waals surface area contributed by atoms with Crippen molar-refractivity contribution in [2.45, 2.75) is 45.8 Å². The number of aromatic nitrogens is 2. The number of hydrogen-bond acceptors (Lipinski definition) is 5. The number of benzene rings is 1. The standard InChI is InChI=1S/C23H26N4O2S/c1-16-11-19(17(2)27(16)14-20-9-6-10-29-20)13-24-26-22(28)12-23-25-21(15-30-23)18-7-4-3-5-8-18/h3-5,7-8,11,13,15,20H,6,9-10,12,14H2,1-2H3,(H,26,28)/b24-13-/t20-/m0/s1. The molecule has 1 amide bonds. The Morgan fingerprint density at radius 2 is 2.20 bits per heavy atom. The Kier molecular flexibility index (Phi) is 6.40. The van der Waals surface area contributed by atoms with Crippen LogP contribution in [0.3, 0.4) is 0 Å². The SMILES string of the molecule is Cc1cc(/C=N\NC(=O)Cc2nc(-c3ccccc3)cs2)c(C)n1C[C@@H]1CCCO1. The van der Waals surface area contributed by atoms with E-state index in [9.17, 15) is 4.79 Å². The molecule has 0 aliphatic carbocycles. The molecule has 30 heavy (non-hydrogen) atoms. The summed E-state index contributed by atoms with van der Waals surface area (Å²) in [5.74, 6) is -0.173. The van der Waals surface area contributed by atoms with Crippen LogP contribution in [-0.2, 0) is 22.5 Å². The lowest BCUT2D eigenvalue weighted by Gasteiger charge is -2.14. The molecule has 0 saturated carbocycles. The fourth-order valence-corrected chi connectivity index (χ4v) is 4.52. The molecule has 156 valence electrons. The number of thiazole rings is 1. The van der Waals surface area contributed by atoms with Crippen molar-refractivity contribution >= 4 is 23.5 Å². The molecule has 4 rings (SSSR count). The molecule has 2 aromatic heterocycles. The van der Waals surface area contributed by atoms with Gasteiger partial charge in [-0.2, -0.15) is 5.10 Å². The lowest BCUT2D eigenvalue weighted by atomic mass is 10.2. The van der Waals surface area contributed by atoms with Gasteiger partial charge < -0.3 is 9.30 Å². The molecule has 1 atom stereocenters. The quantitative estimate of drug-likeness (QED) is 0.460. The van der Waals surface area contributed by atoms with E-state index in [4.69, 9.17) is 4.74 Å². The summed E-state index contributed by atoms with van der Waals surface area (Å²) >= 11 is 1.49. The zero-order valence-electron chi connectivity index (χ0n) is 17.3. The first-order valence-corrected chi connectivity index (χ1v) is 11.1. The molecule has 0 radical (unpaired) electrons. The molecule has 1 aliphatic heterocycles. The van der Waals surface area contributed by atoms with E-state index in [-0.39, 0.29) is 12.3 Å². The normalized spacial score (nSPS) is 16.4. The highest BCUT2D eigenvalue weighted by Gasteiger charge is 2.18. The van der Waals surface area contributed by atoms with Crippen molar-refractivity contribution in [3.8, 4) is 11.3 Å². The van der Waals surface area contributed by atoms with Crippen molar-refractivity contribution in [1.29, 1.82) is 0 Å². The molecule has 0 bridgehead atoms. The second-order valence-corrected chi connectivity index (χ2v) is 8.48. The molecule has 3 heterocycles. The molecule has 1 saturated heterocycles. The van der Waals surface area contributed by atoms with E-state index in [1.807, 2.05) is 35.7 Å². The highest BCUT2D eigenvalue weighted by Crippen LogP contribution is 2.22. The fraction of sp³-hybridized carbons (Fsp3) is 0.348. The van der Waals surface area contributed by atoms with Crippen LogP contribution in [0, 0.1) is 13.8 Å². The number of hydrazone groups is 1. The topological polar surface area (TPSA) is 68.5 Å². The van der Waals surface area contributed by atoms with Crippen LogP contribution in [0.2, 0.25) is 0 Å². The van der Waals surface area contributed by atoms with Crippen LogP contribution in [-0.4, -0.2) is 34.4 Å². The van der Waals surface area contributed by atoms with Gasteiger partial charge in [-0.05, 0) is 32.8 Å². The number of aryl methyl sites for hydroxylation is 1. The van der Waals surface area contributed by atoms with Gasteiger partial charge in [0.05, 0.1) is 24.4 Å². The van der Waals surface area contributed by atoms with Gasteiger partial charge in [0.2, 0.25) is 5.91 Å². The van der Waals surface area contributed by atoms with Crippen LogP contribution in [0.15, 0.2) is 46.9 Å². The predicted octanol–water partition coefficient (Wildman–Crippen LogP) is 4.10. The molecular weight excluding hydrogens is 396 g/mol. The van der Waals surface area contributed by atoms with Crippen molar-refractivity contribution in [3.63, 3.8) is 0 Å². The van der Waals surface area contributed by atoms with Crippen LogP contribution in [0.1, 0.15) is 34.8 Å². The maximum atomic E-state index is 12.3. The first-order chi connectivity index (χ1) is 14.6.